The van der Waals surface area contributed by atoms with Crippen molar-refractivity contribution in [3.05, 3.63) is 11.5 Å². The fraction of sp³-hybridized carbons (Fsp3) is 0.714. The summed E-state index contributed by atoms with van der Waals surface area (Å²) in [5.41, 5.74) is 5.36. The summed E-state index contributed by atoms with van der Waals surface area (Å²) in [7, 11) is -3.90. The van der Waals surface area contributed by atoms with Crippen molar-refractivity contribution < 1.29 is 17.7 Å². The number of halogens is 1. The Morgan fingerprint density at radius 1 is 1.33 bits per heavy atom. The quantitative estimate of drug-likeness (QED) is 0.642. The number of hydrogen-bond donors (Lipinski definition) is 3. The molecule has 10 heteroatoms. The van der Waals surface area contributed by atoms with Gasteiger partial charge in [0.05, 0.1) is 11.6 Å². The number of amides is 1. The van der Waals surface area contributed by atoms with Crippen molar-refractivity contribution in [1.82, 2.24) is 15.2 Å². The second-order valence-electron chi connectivity index (χ2n) is 6.26. The maximum Gasteiger partial charge on any atom is 0.246 e. The molecule has 2 unspecified atom stereocenters. The second kappa shape index (κ2) is 8.28. The van der Waals surface area contributed by atoms with Crippen LogP contribution in [0.3, 0.4) is 0 Å². The number of aryl methyl sites for hydroxylation is 2. The van der Waals surface area contributed by atoms with E-state index in [1.807, 2.05) is 20.8 Å². The summed E-state index contributed by atoms with van der Waals surface area (Å²) in [6, 6.07) is -0.960. The molecule has 1 aromatic heterocycles. The predicted octanol–water partition coefficient (Wildman–Crippen LogP) is 0.870. The molecule has 0 aliphatic carbocycles. The summed E-state index contributed by atoms with van der Waals surface area (Å²) in [6.45, 7) is 10.5. The molecule has 8 nitrogen and oxygen atoms in total. The molecule has 4 N–H and O–H groups in total. The van der Waals surface area contributed by atoms with Crippen LogP contribution in [0.1, 0.15) is 39.1 Å². The van der Waals surface area contributed by atoms with Gasteiger partial charge in [0.1, 0.15) is 10.6 Å². The normalized spacial score (nSPS) is 15.5. The van der Waals surface area contributed by atoms with Gasteiger partial charge >= 0.3 is 0 Å². The van der Waals surface area contributed by atoms with Crippen LogP contribution in [0.25, 0.3) is 0 Å². The molecule has 1 aromatic rings. The summed E-state index contributed by atoms with van der Waals surface area (Å²) >= 11 is 0. The van der Waals surface area contributed by atoms with E-state index >= 15 is 0 Å². The number of hydrogen-bond acceptors (Lipinski definition) is 6. The van der Waals surface area contributed by atoms with Gasteiger partial charge in [0.15, 0.2) is 5.76 Å². The van der Waals surface area contributed by atoms with E-state index in [0.717, 1.165) is 0 Å². The standard InChI is InChI=1S/C14H26N4O4S.ClH/c1-8(2)14(6,7-15)16-13(19)10(4)18-23(20,21)12-9(3)17-22-11(12)5;/h8,10,18H,7,15H2,1-6H3,(H,16,19);1H. The van der Waals surface area contributed by atoms with Crippen molar-refractivity contribution in [1.29, 1.82) is 0 Å². The van der Waals surface area contributed by atoms with Crippen molar-refractivity contribution in [2.75, 3.05) is 6.54 Å². The number of carbonyl (C=O) groups excluding carboxylic acids is 1. The zero-order chi connectivity index (χ0) is 18.0. The molecule has 1 heterocycles. The molecule has 2 atom stereocenters. The van der Waals surface area contributed by atoms with Crippen molar-refractivity contribution in [3.63, 3.8) is 0 Å². The van der Waals surface area contributed by atoms with Crippen LogP contribution in [-0.2, 0) is 14.8 Å². The Morgan fingerprint density at radius 2 is 1.88 bits per heavy atom. The van der Waals surface area contributed by atoms with Gasteiger partial charge < -0.3 is 15.6 Å². The first-order valence-electron chi connectivity index (χ1n) is 7.42. The Balaban J connectivity index is 0.00000529. The molecule has 1 rings (SSSR count). The van der Waals surface area contributed by atoms with Crippen LogP contribution < -0.4 is 15.8 Å². The molecule has 0 saturated heterocycles. The van der Waals surface area contributed by atoms with Gasteiger partial charge in [-0.2, -0.15) is 4.72 Å². The molecule has 0 bridgehead atoms. The average Bonchev–Trinajstić information content (AvgIpc) is 2.77. The van der Waals surface area contributed by atoms with Crippen molar-refractivity contribution in [3.8, 4) is 0 Å². The topological polar surface area (TPSA) is 127 Å². The summed E-state index contributed by atoms with van der Waals surface area (Å²) in [4.78, 5) is 12.3. The second-order valence-corrected chi connectivity index (χ2v) is 7.91. The van der Waals surface area contributed by atoms with E-state index in [4.69, 9.17) is 10.3 Å². The van der Waals surface area contributed by atoms with Gasteiger partial charge in [0.25, 0.3) is 0 Å². The van der Waals surface area contributed by atoms with E-state index in [-0.39, 0.29) is 41.2 Å². The Morgan fingerprint density at radius 3 is 2.25 bits per heavy atom. The molecule has 0 aliphatic rings. The summed E-state index contributed by atoms with van der Waals surface area (Å²) in [6.07, 6.45) is 0. The van der Waals surface area contributed by atoms with E-state index in [2.05, 4.69) is 15.2 Å². The van der Waals surface area contributed by atoms with Crippen molar-refractivity contribution in [2.24, 2.45) is 11.7 Å². The van der Waals surface area contributed by atoms with Crippen LogP contribution >= 0.6 is 12.4 Å². The molecule has 24 heavy (non-hydrogen) atoms. The average molecular weight is 383 g/mol. The minimum Gasteiger partial charge on any atom is -0.360 e. The largest absolute Gasteiger partial charge is 0.360 e. The van der Waals surface area contributed by atoms with Crippen LogP contribution in [0.15, 0.2) is 9.42 Å². The lowest BCUT2D eigenvalue weighted by Crippen LogP contribution is -2.59. The van der Waals surface area contributed by atoms with Gasteiger partial charge in [-0.3, -0.25) is 4.79 Å². The number of nitrogens with two attached hydrogens (primary N) is 1. The Hall–Kier alpha value is -1.16. The number of aromatic nitrogens is 1. The third-order valence-electron chi connectivity index (χ3n) is 4.07. The van der Waals surface area contributed by atoms with Gasteiger partial charge in [0.2, 0.25) is 15.9 Å². The number of sulfonamides is 1. The van der Waals surface area contributed by atoms with Gasteiger partial charge in [0, 0.05) is 6.54 Å². The van der Waals surface area contributed by atoms with Crippen LogP contribution in [-0.4, -0.2) is 37.6 Å². The molecular weight excluding hydrogens is 356 g/mol. The molecule has 0 aromatic carbocycles. The number of nitrogens with one attached hydrogen (secondary N) is 2. The summed E-state index contributed by atoms with van der Waals surface area (Å²) < 4.78 is 32.0. The fourth-order valence-electron chi connectivity index (χ4n) is 2.02. The first-order valence-corrected chi connectivity index (χ1v) is 8.90. The third kappa shape index (κ3) is 4.92. The van der Waals surface area contributed by atoms with Gasteiger partial charge in [-0.15, -0.1) is 12.4 Å². The van der Waals surface area contributed by atoms with Crippen molar-refractivity contribution in [2.45, 2.75) is 58.0 Å². The Bertz CT molecular complexity index is 655. The van der Waals surface area contributed by atoms with E-state index in [0.29, 0.717) is 0 Å². The van der Waals surface area contributed by atoms with Gasteiger partial charge in [-0.1, -0.05) is 19.0 Å². The zero-order valence-corrected chi connectivity index (χ0v) is 16.5. The first kappa shape index (κ1) is 22.8. The molecule has 0 radical (unpaired) electrons. The highest BCUT2D eigenvalue weighted by Gasteiger charge is 2.33. The van der Waals surface area contributed by atoms with Crippen LogP contribution in [0.5, 0.6) is 0 Å². The van der Waals surface area contributed by atoms with Gasteiger partial charge in [-0.25, -0.2) is 8.42 Å². The molecule has 140 valence electrons. The Kier molecular flexibility index (Phi) is 7.88. The van der Waals surface area contributed by atoms with E-state index < -0.39 is 27.5 Å². The molecular formula is C14H27ClN4O4S. The SMILES string of the molecule is Cc1noc(C)c1S(=O)(=O)NC(C)C(=O)NC(C)(CN)C(C)C.Cl. The summed E-state index contributed by atoms with van der Waals surface area (Å²) in [5.74, 6) is -0.165. The number of rotatable bonds is 7. The minimum absolute atomic E-state index is 0. The monoisotopic (exact) mass is 382 g/mol. The van der Waals surface area contributed by atoms with E-state index in [9.17, 15) is 13.2 Å². The maximum atomic E-state index is 12.4. The molecule has 0 fully saturated rings. The van der Waals surface area contributed by atoms with Crippen molar-refractivity contribution >= 4 is 28.3 Å². The van der Waals surface area contributed by atoms with Crippen LogP contribution in [0.4, 0.5) is 0 Å². The number of carbonyl (C=O) groups is 1. The number of nitrogens with zero attached hydrogens (tertiary/aromatic N) is 1. The fourth-order valence-corrected chi connectivity index (χ4v) is 3.56. The maximum absolute atomic E-state index is 12.4. The zero-order valence-electron chi connectivity index (χ0n) is 14.8. The molecule has 0 saturated carbocycles. The van der Waals surface area contributed by atoms with E-state index in [1.54, 1.807) is 0 Å². The lowest BCUT2D eigenvalue weighted by Gasteiger charge is -2.34. The highest BCUT2D eigenvalue weighted by molar-refractivity contribution is 7.89. The van der Waals surface area contributed by atoms with Crippen LogP contribution in [0, 0.1) is 19.8 Å². The third-order valence-corrected chi connectivity index (χ3v) is 5.85. The lowest BCUT2D eigenvalue weighted by molar-refractivity contribution is -0.124. The predicted molar refractivity (Wildman–Crippen MR) is 93.4 cm³/mol. The lowest BCUT2D eigenvalue weighted by atomic mass is 9.88. The van der Waals surface area contributed by atoms with Crippen LogP contribution in [0.2, 0.25) is 0 Å². The molecule has 0 spiro atoms. The van der Waals surface area contributed by atoms with Gasteiger partial charge in [-0.05, 0) is 33.6 Å². The summed E-state index contributed by atoms with van der Waals surface area (Å²) in [5, 5.41) is 6.43. The smallest absolute Gasteiger partial charge is 0.246 e. The first-order chi connectivity index (χ1) is 10.4. The van der Waals surface area contributed by atoms with E-state index in [1.165, 1.54) is 20.8 Å². The minimum atomic E-state index is -3.90. The highest BCUT2D eigenvalue weighted by Crippen LogP contribution is 2.19. The highest BCUT2D eigenvalue weighted by atomic mass is 35.5. The molecule has 1 amide bonds. The molecule has 0 aliphatic heterocycles. The Labute approximate surface area is 149 Å².